The standard InChI is InChI=1S/C25H28Cl3N5O2.2ClH/c1-16-24(30-17(2)33(16)19-8-6-18(26)7-9-19)25(35)29-14-20(34)15-31-10-12-32(13-11-31)22-5-3-4-21(27)23(22)28;;/h3-9,20,34H,10-15H2,1-2H3,(H,29,35);2*1H. The molecule has 1 fully saturated rings. The molecule has 2 N–H and O–H groups in total. The van der Waals surface area contributed by atoms with Gasteiger partial charge in [0.05, 0.1) is 27.5 Å². The summed E-state index contributed by atoms with van der Waals surface area (Å²) in [5.41, 5.74) is 2.88. The van der Waals surface area contributed by atoms with Crippen molar-refractivity contribution in [2.45, 2.75) is 20.0 Å². The van der Waals surface area contributed by atoms with Gasteiger partial charge in [0.2, 0.25) is 0 Å². The van der Waals surface area contributed by atoms with E-state index in [-0.39, 0.29) is 37.3 Å². The van der Waals surface area contributed by atoms with Gasteiger partial charge < -0.3 is 19.9 Å². The highest BCUT2D eigenvalue weighted by atomic mass is 35.5. The number of aliphatic hydroxyl groups is 1. The number of hydrogen-bond donors (Lipinski definition) is 2. The number of aliphatic hydroxyl groups excluding tert-OH is 1. The number of halogens is 5. The molecular weight excluding hydrogens is 580 g/mol. The molecule has 1 amide bonds. The number of aromatic nitrogens is 2. The quantitative estimate of drug-likeness (QED) is 0.385. The second-order valence-electron chi connectivity index (χ2n) is 8.63. The fourth-order valence-corrected chi connectivity index (χ4v) is 4.93. The average molecular weight is 610 g/mol. The van der Waals surface area contributed by atoms with Gasteiger partial charge in [0, 0.05) is 50.0 Å². The van der Waals surface area contributed by atoms with Gasteiger partial charge >= 0.3 is 0 Å². The summed E-state index contributed by atoms with van der Waals surface area (Å²) in [5, 5.41) is 15.1. The molecule has 0 aliphatic carbocycles. The highest BCUT2D eigenvalue weighted by Crippen LogP contribution is 2.32. The van der Waals surface area contributed by atoms with Crippen LogP contribution in [0.4, 0.5) is 5.69 Å². The number of carbonyl (C=O) groups is 1. The van der Waals surface area contributed by atoms with Crippen molar-refractivity contribution in [3.63, 3.8) is 0 Å². The second-order valence-corrected chi connectivity index (χ2v) is 9.85. The number of nitrogens with zero attached hydrogens (tertiary/aromatic N) is 4. The number of aryl methyl sites for hydroxylation is 1. The van der Waals surface area contributed by atoms with Gasteiger partial charge in [0.15, 0.2) is 0 Å². The molecule has 0 bridgehead atoms. The van der Waals surface area contributed by atoms with Gasteiger partial charge in [-0.05, 0) is 50.2 Å². The molecule has 12 heteroatoms. The number of nitrogens with one attached hydrogen (secondary N) is 1. The van der Waals surface area contributed by atoms with Crippen molar-refractivity contribution >= 4 is 71.2 Å². The number of hydrogen-bond acceptors (Lipinski definition) is 5. The molecular formula is C25H30Cl5N5O2. The Kier molecular flexibility index (Phi) is 11.8. The minimum atomic E-state index is -0.694. The highest BCUT2D eigenvalue weighted by Gasteiger charge is 2.23. The van der Waals surface area contributed by atoms with Crippen molar-refractivity contribution in [2.75, 3.05) is 44.2 Å². The molecule has 2 heterocycles. The number of benzene rings is 2. The molecule has 7 nitrogen and oxygen atoms in total. The van der Waals surface area contributed by atoms with Crippen LogP contribution in [0, 0.1) is 13.8 Å². The normalized spacial score (nSPS) is 14.5. The Bertz CT molecular complexity index is 1200. The lowest BCUT2D eigenvalue weighted by Gasteiger charge is -2.37. The molecule has 1 saturated heterocycles. The Hall–Kier alpha value is -1.71. The summed E-state index contributed by atoms with van der Waals surface area (Å²) in [5.74, 6) is 0.394. The maximum atomic E-state index is 12.8. The van der Waals surface area contributed by atoms with Gasteiger partial charge in [-0.1, -0.05) is 40.9 Å². The number of β-amino-alcohol motifs (C(OH)–C–C–N with tert-alkyl or cyclic N) is 1. The molecule has 1 aromatic heterocycles. The summed E-state index contributed by atoms with van der Waals surface area (Å²) in [7, 11) is 0. The fourth-order valence-electron chi connectivity index (χ4n) is 4.39. The lowest BCUT2D eigenvalue weighted by Crippen LogP contribution is -2.50. The zero-order chi connectivity index (χ0) is 25.1. The van der Waals surface area contributed by atoms with Crippen LogP contribution in [0.3, 0.4) is 0 Å². The number of carbonyl (C=O) groups excluding carboxylic acids is 1. The number of anilines is 1. The lowest BCUT2D eigenvalue weighted by atomic mass is 10.2. The fraction of sp³-hybridized carbons (Fsp3) is 0.360. The molecule has 0 spiro atoms. The summed E-state index contributed by atoms with van der Waals surface area (Å²) >= 11 is 18.5. The SMILES string of the molecule is Cc1nc(C(=O)NCC(O)CN2CCN(c3cccc(Cl)c3Cl)CC2)c(C)n1-c1ccc(Cl)cc1.Cl.Cl. The highest BCUT2D eigenvalue weighted by molar-refractivity contribution is 6.43. The number of imidazole rings is 1. The van der Waals surface area contributed by atoms with E-state index >= 15 is 0 Å². The van der Waals surface area contributed by atoms with Crippen LogP contribution in [0.2, 0.25) is 15.1 Å². The smallest absolute Gasteiger partial charge is 0.271 e. The Morgan fingerprint density at radius 1 is 1.03 bits per heavy atom. The largest absolute Gasteiger partial charge is 0.390 e. The molecule has 3 aromatic rings. The van der Waals surface area contributed by atoms with Crippen molar-refractivity contribution in [3.8, 4) is 5.69 Å². The van der Waals surface area contributed by atoms with Crippen LogP contribution >= 0.6 is 59.6 Å². The number of amides is 1. The topological polar surface area (TPSA) is 73.6 Å². The van der Waals surface area contributed by atoms with Crippen molar-refractivity contribution in [3.05, 3.63) is 74.7 Å². The first-order chi connectivity index (χ1) is 16.7. The predicted octanol–water partition coefficient (Wildman–Crippen LogP) is 5.21. The van der Waals surface area contributed by atoms with Gasteiger partial charge in [0.1, 0.15) is 11.5 Å². The summed E-state index contributed by atoms with van der Waals surface area (Å²) in [6.45, 7) is 7.42. The number of rotatable bonds is 7. The van der Waals surface area contributed by atoms with E-state index in [4.69, 9.17) is 34.8 Å². The van der Waals surface area contributed by atoms with Crippen LogP contribution in [0.15, 0.2) is 42.5 Å². The van der Waals surface area contributed by atoms with E-state index in [0.717, 1.165) is 43.2 Å². The average Bonchev–Trinajstić information content (AvgIpc) is 3.14. The molecule has 4 rings (SSSR count). The van der Waals surface area contributed by atoms with Crippen LogP contribution < -0.4 is 10.2 Å². The minimum Gasteiger partial charge on any atom is -0.390 e. The van der Waals surface area contributed by atoms with Crippen LogP contribution in [-0.2, 0) is 0 Å². The maximum absolute atomic E-state index is 12.8. The maximum Gasteiger partial charge on any atom is 0.271 e. The van der Waals surface area contributed by atoms with E-state index < -0.39 is 6.10 Å². The molecule has 37 heavy (non-hydrogen) atoms. The first-order valence-corrected chi connectivity index (χ1v) is 12.6. The third kappa shape index (κ3) is 7.45. The molecule has 1 unspecified atom stereocenters. The van der Waals surface area contributed by atoms with Crippen molar-refractivity contribution < 1.29 is 9.90 Å². The van der Waals surface area contributed by atoms with Crippen LogP contribution in [-0.4, -0.2) is 70.8 Å². The van der Waals surface area contributed by atoms with Gasteiger partial charge in [-0.3, -0.25) is 9.69 Å². The van der Waals surface area contributed by atoms with Crippen LogP contribution in [0.1, 0.15) is 22.0 Å². The van der Waals surface area contributed by atoms with Gasteiger partial charge in [0.25, 0.3) is 5.91 Å². The van der Waals surface area contributed by atoms with E-state index in [1.54, 1.807) is 18.2 Å². The molecule has 1 atom stereocenters. The van der Waals surface area contributed by atoms with Gasteiger partial charge in [-0.2, -0.15) is 0 Å². The lowest BCUT2D eigenvalue weighted by molar-refractivity contribution is 0.0847. The zero-order valence-corrected chi connectivity index (χ0v) is 24.4. The first kappa shape index (κ1) is 31.5. The molecule has 202 valence electrons. The van der Waals surface area contributed by atoms with Crippen LogP contribution in [0.25, 0.3) is 5.69 Å². The summed E-state index contributed by atoms with van der Waals surface area (Å²) in [6, 6.07) is 13.0. The first-order valence-electron chi connectivity index (χ1n) is 11.4. The number of piperazine rings is 1. The Morgan fingerprint density at radius 2 is 1.68 bits per heavy atom. The van der Waals surface area contributed by atoms with Crippen molar-refractivity contribution in [1.29, 1.82) is 0 Å². The Balaban J connectivity index is 0.00000241. The molecule has 0 saturated carbocycles. The van der Waals surface area contributed by atoms with Crippen molar-refractivity contribution in [2.24, 2.45) is 0 Å². The van der Waals surface area contributed by atoms with Crippen molar-refractivity contribution in [1.82, 2.24) is 19.8 Å². The third-order valence-corrected chi connectivity index (χ3v) is 7.25. The summed E-state index contributed by atoms with van der Waals surface area (Å²) < 4.78 is 1.91. The van der Waals surface area contributed by atoms with E-state index in [0.29, 0.717) is 33.1 Å². The molecule has 0 radical (unpaired) electrons. The third-order valence-electron chi connectivity index (χ3n) is 6.19. The van der Waals surface area contributed by atoms with Gasteiger partial charge in [-0.15, -0.1) is 24.8 Å². The zero-order valence-electron chi connectivity index (χ0n) is 20.5. The minimum absolute atomic E-state index is 0. The second kappa shape index (κ2) is 13.9. The van der Waals surface area contributed by atoms with Gasteiger partial charge in [-0.25, -0.2) is 4.98 Å². The Labute approximate surface area is 244 Å². The predicted molar refractivity (Wildman–Crippen MR) is 156 cm³/mol. The van der Waals surface area contributed by atoms with E-state index in [1.807, 2.05) is 42.7 Å². The summed E-state index contributed by atoms with van der Waals surface area (Å²) in [4.78, 5) is 21.6. The van der Waals surface area contributed by atoms with E-state index in [1.165, 1.54) is 0 Å². The Morgan fingerprint density at radius 3 is 2.32 bits per heavy atom. The van der Waals surface area contributed by atoms with E-state index in [2.05, 4.69) is 20.1 Å². The van der Waals surface area contributed by atoms with Crippen LogP contribution in [0.5, 0.6) is 0 Å². The monoisotopic (exact) mass is 607 g/mol. The summed E-state index contributed by atoms with van der Waals surface area (Å²) in [6.07, 6.45) is -0.694. The van der Waals surface area contributed by atoms with E-state index in [9.17, 15) is 9.90 Å². The molecule has 1 aliphatic rings. The molecule has 1 aliphatic heterocycles. The molecule has 2 aromatic carbocycles.